The van der Waals surface area contributed by atoms with E-state index < -0.39 is 0 Å². The van der Waals surface area contributed by atoms with E-state index in [1.807, 2.05) is 19.4 Å². The highest BCUT2D eigenvalue weighted by atomic mass is 15.2. The number of pyridine rings is 1. The molecule has 28 heavy (non-hydrogen) atoms. The second kappa shape index (κ2) is 6.37. The van der Waals surface area contributed by atoms with Gasteiger partial charge in [0, 0.05) is 53.8 Å². The van der Waals surface area contributed by atoms with Gasteiger partial charge < -0.3 is 10.3 Å². The van der Waals surface area contributed by atoms with E-state index in [2.05, 4.69) is 65.4 Å². The molecule has 0 fully saturated rings. The fourth-order valence-corrected chi connectivity index (χ4v) is 4.06. The predicted octanol–water partition coefficient (Wildman–Crippen LogP) is 4.70. The molecule has 5 nitrogen and oxygen atoms in total. The summed E-state index contributed by atoms with van der Waals surface area (Å²) in [7, 11) is 1.91. The summed E-state index contributed by atoms with van der Waals surface area (Å²) in [5.41, 5.74) is 8.84. The third kappa shape index (κ3) is 2.71. The molecule has 1 aliphatic heterocycles. The van der Waals surface area contributed by atoms with Crippen LogP contribution in [0.2, 0.25) is 0 Å². The zero-order chi connectivity index (χ0) is 19.3. The lowest BCUT2D eigenvalue weighted by Gasteiger charge is -2.14. The molecule has 0 aliphatic carbocycles. The number of hydrogen-bond donors (Lipinski definition) is 2. The summed E-state index contributed by atoms with van der Waals surface area (Å²) in [5.74, 6) is 0.502. The molecule has 1 atom stereocenters. The summed E-state index contributed by atoms with van der Waals surface area (Å²) >= 11 is 0. The van der Waals surface area contributed by atoms with Crippen molar-refractivity contribution in [1.82, 2.24) is 25.1 Å². The zero-order valence-corrected chi connectivity index (χ0v) is 16.2. The third-order valence-electron chi connectivity index (χ3n) is 5.67. The lowest BCUT2D eigenvalue weighted by atomic mass is 9.90. The van der Waals surface area contributed by atoms with Crippen LogP contribution in [0.25, 0.3) is 39.1 Å². The molecule has 0 bridgehead atoms. The van der Waals surface area contributed by atoms with Crippen LogP contribution in [0, 0.1) is 0 Å². The van der Waals surface area contributed by atoms with Crippen LogP contribution in [-0.2, 0) is 7.05 Å². The fourth-order valence-electron chi connectivity index (χ4n) is 4.06. The first-order valence-electron chi connectivity index (χ1n) is 9.65. The monoisotopic (exact) mass is 369 g/mol. The summed E-state index contributed by atoms with van der Waals surface area (Å²) < 4.78 is 1.79. The molecule has 1 aromatic carbocycles. The van der Waals surface area contributed by atoms with Gasteiger partial charge >= 0.3 is 0 Å². The lowest BCUT2D eigenvalue weighted by Crippen LogP contribution is -2.10. The molecule has 140 valence electrons. The van der Waals surface area contributed by atoms with Crippen molar-refractivity contribution in [2.75, 3.05) is 6.54 Å². The topological polar surface area (TPSA) is 58.5 Å². The minimum absolute atomic E-state index is 0.502. The van der Waals surface area contributed by atoms with Crippen molar-refractivity contribution in [2.45, 2.75) is 19.3 Å². The van der Waals surface area contributed by atoms with Crippen LogP contribution in [0.3, 0.4) is 0 Å². The molecule has 5 rings (SSSR count). The quantitative estimate of drug-likeness (QED) is 0.538. The van der Waals surface area contributed by atoms with Gasteiger partial charge in [0.1, 0.15) is 5.65 Å². The average molecular weight is 369 g/mol. The number of aromatic amines is 1. The van der Waals surface area contributed by atoms with Crippen LogP contribution in [0.1, 0.15) is 30.4 Å². The first-order chi connectivity index (χ1) is 13.6. The number of nitrogens with zero attached hydrogens (tertiary/aromatic N) is 3. The van der Waals surface area contributed by atoms with Crippen molar-refractivity contribution in [2.24, 2.45) is 7.05 Å². The second-order valence-electron chi connectivity index (χ2n) is 7.59. The molecule has 1 unspecified atom stereocenters. The molecular formula is C23H23N5. The van der Waals surface area contributed by atoms with Gasteiger partial charge in [-0.1, -0.05) is 31.7 Å². The summed E-state index contributed by atoms with van der Waals surface area (Å²) in [4.78, 5) is 8.15. The largest absolute Gasteiger partial charge is 0.385 e. The molecule has 0 spiro atoms. The van der Waals surface area contributed by atoms with Crippen molar-refractivity contribution in [3.05, 3.63) is 66.6 Å². The molecule has 0 saturated heterocycles. The number of hydrogen-bond acceptors (Lipinski definition) is 3. The summed E-state index contributed by atoms with van der Waals surface area (Å²) in [6.07, 6.45) is 6.99. The average Bonchev–Trinajstić information content (AvgIpc) is 3.29. The van der Waals surface area contributed by atoms with Crippen LogP contribution in [-0.4, -0.2) is 26.3 Å². The van der Waals surface area contributed by atoms with Crippen molar-refractivity contribution in [3.63, 3.8) is 0 Å². The molecule has 0 radical (unpaired) electrons. The van der Waals surface area contributed by atoms with Crippen LogP contribution < -0.4 is 5.32 Å². The van der Waals surface area contributed by atoms with Gasteiger partial charge in [-0.05, 0) is 35.6 Å². The first-order valence-corrected chi connectivity index (χ1v) is 9.65. The Bertz CT molecular complexity index is 1200. The van der Waals surface area contributed by atoms with Gasteiger partial charge in [-0.25, -0.2) is 4.98 Å². The molecule has 0 saturated carbocycles. The van der Waals surface area contributed by atoms with Crippen LogP contribution >= 0.6 is 0 Å². The van der Waals surface area contributed by atoms with E-state index in [0.29, 0.717) is 5.92 Å². The Labute approximate surface area is 164 Å². The van der Waals surface area contributed by atoms with Gasteiger partial charge in [-0.2, -0.15) is 5.10 Å². The van der Waals surface area contributed by atoms with Gasteiger partial charge in [-0.15, -0.1) is 0 Å². The number of aromatic nitrogens is 4. The van der Waals surface area contributed by atoms with Crippen LogP contribution in [0.5, 0.6) is 0 Å². The fraction of sp³-hybridized carbons (Fsp3) is 0.217. The highest BCUT2D eigenvalue weighted by Gasteiger charge is 2.18. The summed E-state index contributed by atoms with van der Waals surface area (Å²) in [5, 5.41) is 8.79. The number of benzene rings is 1. The van der Waals surface area contributed by atoms with E-state index in [0.717, 1.165) is 41.0 Å². The highest BCUT2D eigenvalue weighted by Crippen LogP contribution is 2.35. The van der Waals surface area contributed by atoms with E-state index in [1.54, 1.807) is 4.68 Å². The lowest BCUT2D eigenvalue weighted by molar-refractivity contribution is 0.672. The Kier molecular flexibility index (Phi) is 3.83. The summed E-state index contributed by atoms with van der Waals surface area (Å²) in [6.45, 7) is 7.46. The number of fused-ring (bicyclic) bond motifs is 2. The van der Waals surface area contributed by atoms with Gasteiger partial charge in [0.2, 0.25) is 0 Å². The Hall–Kier alpha value is -3.34. The van der Waals surface area contributed by atoms with Gasteiger partial charge in [0.15, 0.2) is 0 Å². The molecule has 0 amide bonds. The highest BCUT2D eigenvalue weighted by molar-refractivity contribution is 5.95. The van der Waals surface area contributed by atoms with Crippen molar-refractivity contribution in [3.8, 4) is 22.4 Å². The van der Waals surface area contributed by atoms with E-state index in [4.69, 9.17) is 4.98 Å². The number of rotatable bonds is 2. The minimum atomic E-state index is 0.502. The Morgan fingerprint density at radius 2 is 2.04 bits per heavy atom. The van der Waals surface area contributed by atoms with E-state index in [-0.39, 0.29) is 0 Å². The van der Waals surface area contributed by atoms with E-state index in [1.165, 1.54) is 22.3 Å². The maximum absolute atomic E-state index is 4.80. The van der Waals surface area contributed by atoms with E-state index in [9.17, 15) is 0 Å². The van der Waals surface area contributed by atoms with Crippen molar-refractivity contribution >= 4 is 16.7 Å². The molecule has 5 heteroatoms. The maximum atomic E-state index is 4.80. The van der Waals surface area contributed by atoms with Gasteiger partial charge in [0.25, 0.3) is 0 Å². The molecule has 1 aliphatic rings. The molecular weight excluding hydrogens is 346 g/mol. The second-order valence-corrected chi connectivity index (χ2v) is 7.59. The Morgan fingerprint density at radius 3 is 2.86 bits per heavy atom. The van der Waals surface area contributed by atoms with Gasteiger partial charge in [0.05, 0.1) is 11.9 Å². The number of aryl methyl sites for hydroxylation is 1. The number of nitrogens with one attached hydrogen (secondary N) is 2. The first kappa shape index (κ1) is 16.8. The van der Waals surface area contributed by atoms with E-state index >= 15 is 0 Å². The zero-order valence-electron chi connectivity index (χ0n) is 16.2. The van der Waals surface area contributed by atoms with Gasteiger partial charge in [-0.3, -0.25) is 4.68 Å². The number of H-pyrrole nitrogens is 1. The SMILES string of the molecule is C=C1NCCC(C)c2cc(-c3c[nH]c4nc(-c5cnn(C)c5)ccc34)ccc21. The third-order valence-corrected chi connectivity index (χ3v) is 5.67. The summed E-state index contributed by atoms with van der Waals surface area (Å²) in [6, 6.07) is 10.9. The van der Waals surface area contributed by atoms with Crippen molar-refractivity contribution < 1.29 is 0 Å². The predicted molar refractivity (Wildman–Crippen MR) is 114 cm³/mol. The molecule has 4 aromatic rings. The Morgan fingerprint density at radius 1 is 1.14 bits per heavy atom. The van der Waals surface area contributed by atoms with Crippen LogP contribution in [0.15, 0.2) is 55.5 Å². The molecule has 3 aromatic heterocycles. The standard InChI is InChI=1S/C23H23N5/c1-14-8-9-24-15(2)18-5-4-16(10-20(14)18)21-12-25-23-19(21)6-7-22(27-23)17-11-26-28(3)13-17/h4-7,10-14,24H,2,8-9H2,1,3H3,(H,25,27). The normalized spacial score (nSPS) is 16.6. The van der Waals surface area contributed by atoms with Crippen molar-refractivity contribution in [1.29, 1.82) is 0 Å². The maximum Gasteiger partial charge on any atom is 0.138 e. The molecule has 2 N–H and O–H groups in total. The smallest absolute Gasteiger partial charge is 0.138 e. The minimum Gasteiger partial charge on any atom is -0.385 e. The van der Waals surface area contributed by atoms with Crippen LogP contribution in [0.4, 0.5) is 0 Å². The Balaban J connectivity index is 1.59. The molecule has 4 heterocycles.